The summed E-state index contributed by atoms with van der Waals surface area (Å²) < 4.78 is 25.7. The highest BCUT2D eigenvalue weighted by Gasteiger charge is 2.16. The number of hydrogen-bond acceptors (Lipinski definition) is 3. The molecule has 1 saturated heterocycles. The lowest BCUT2D eigenvalue weighted by molar-refractivity contribution is 0.152. The Hall–Kier alpha value is -0.970. The van der Waals surface area contributed by atoms with Crippen LogP contribution in [0.3, 0.4) is 0 Å². The fraction of sp³-hybridized carbons (Fsp3) is 0.538. The molecule has 1 aromatic carbocycles. The third-order valence-corrected chi connectivity index (χ3v) is 4.28. The van der Waals surface area contributed by atoms with Gasteiger partial charge in [-0.25, -0.2) is 8.78 Å². The first-order valence-electron chi connectivity index (χ1n) is 6.16. The summed E-state index contributed by atoms with van der Waals surface area (Å²) in [6.07, 6.45) is -0.161. The molecule has 0 amide bonds. The highest BCUT2D eigenvalue weighted by molar-refractivity contribution is 7.99. The van der Waals surface area contributed by atoms with Crippen LogP contribution in [0.5, 0.6) is 0 Å². The normalized spacial score (nSPS) is 17.1. The zero-order valence-corrected chi connectivity index (χ0v) is 11.0. The summed E-state index contributed by atoms with van der Waals surface area (Å²) in [4.78, 5) is 0. The maximum absolute atomic E-state index is 12.9. The van der Waals surface area contributed by atoms with Crippen LogP contribution in [0.1, 0.15) is 24.8 Å². The van der Waals surface area contributed by atoms with Crippen LogP contribution in [0.2, 0.25) is 0 Å². The van der Waals surface area contributed by atoms with Crippen molar-refractivity contribution < 1.29 is 8.78 Å². The van der Waals surface area contributed by atoms with Crippen molar-refractivity contribution in [2.24, 2.45) is 5.92 Å². The molecule has 1 aliphatic rings. The molecule has 3 N–H and O–H groups in total. The topological polar surface area (TPSA) is 38.0 Å². The number of rotatable bonds is 4. The van der Waals surface area contributed by atoms with Gasteiger partial charge in [0.15, 0.2) is 0 Å². The Kier molecular flexibility index (Phi) is 4.69. The number of anilines is 2. The maximum Gasteiger partial charge on any atom is 0.265 e. The summed E-state index contributed by atoms with van der Waals surface area (Å²) in [5.74, 6) is 2.94. The summed E-state index contributed by atoms with van der Waals surface area (Å²) in [7, 11) is 0. The monoisotopic (exact) mass is 272 g/mol. The van der Waals surface area contributed by atoms with Crippen molar-refractivity contribution in [2.75, 3.05) is 29.1 Å². The zero-order chi connectivity index (χ0) is 13.0. The summed E-state index contributed by atoms with van der Waals surface area (Å²) in [5.41, 5.74) is 6.43. The molecule has 1 aromatic rings. The highest BCUT2D eigenvalue weighted by atomic mass is 32.2. The Morgan fingerprint density at radius 3 is 2.72 bits per heavy atom. The van der Waals surface area contributed by atoms with Crippen LogP contribution in [-0.2, 0) is 0 Å². The van der Waals surface area contributed by atoms with E-state index in [2.05, 4.69) is 5.32 Å². The average molecular weight is 272 g/mol. The predicted molar refractivity (Wildman–Crippen MR) is 74.4 cm³/mol. The van der Waals surface area contributed by atoms with Gasteiger partial charge in [0.1, 0.15) is 0 Å². The number of nitrogens with two attached hydrogens (primary N) is 1. The van der Waals surface area contributed by atoms with E-state index in [0.717, 1.165) is 19.4 Å². The van der Waals surface area contributed by atoms with Crippen molar-refractivity contribution in [3.05, 3.63) is 23.8 Å². The van der Waals surface area contributed by atoms with Gasteiger partial charge in [-0.1, -0.05) is 0 Å². The van der Waals surface area contributed by atoms with Gasteiger partial charge in [0.05, 0.1) is 0 Å². The van der Waals surface area contributed by atoms with Crippen LogP contribution in [0.15, 0.2) is 18.2 Å². The first kappa shape index (κ1) is 13.5. The molecular weight excluding hydrogens is 254 g/mol. The predicted octanol–water partition coefficient (Wildman–Crippen LogP) is 3.76. The van der Waals surface area contributed by atoms with E-state index >= 15 is 0 Å². The molecule has 0 unspecified atom stereocenters. The average Bonchev–Trinajstić information content (AvgIpc) is 2.38. The molecule has 100 valence electrons. The molecule has 1 heterocycles. The van der Waals surface area contributed by atoms with Crippen LogP contribution in [0.4, 0.5) is 20.2 Å². The van der Waals surface area contributed by atoms with E-state index in [1.54, 1.807) is 12.1 Å². The Bertz CT molecular complexity index is 393. The van der Waals surface area contributed by atoms with Crippen molar-refractivity contribution in [3.8, 4) is 0 Å². The van der Waals surface area contributed by atoms with Gasteiger partial charge in [-0.2, -0.15) is 11.8 Å². The molecule has 2 rings (SSSR count). The number of nitrogens with one attached hydrogen (secondary N) is 1. The van der Waals surface area contributed by atoms with Gasteiger partial charge in [-0.05, 0) is 48.5 Å². The van der Waals surface area contributed by atoms with Crippen LogP contribution in [0, 0.1) is 5.92 Å². The van der Waals surface area contributed by atoms with Crippen molar-refractivity contribution in [1.82, 2.24) is 0 Å². The standard InChI is InChI=1S/C13H18F2N2S/c14-13(15)11-7-10(16)1-2-12(11)17-8-9-3-5-18-6-4-9/h1-2,7,9,13,17H,3-6,8,16H2. The maximum atomic E-state index is 12.9. The van der Waals surface area contributed by atoms with Crippen LogP contribution >= 0.6 is 11.8 Å². The molecule has 0 aliphatic carbocycles. The lowest BCUT2D eigenvalue weighted by Gasteiger charge is -2.23. The van der Waals surface area contributed by atoms with Crippen LogP contribution in [-0.4, -0.2) is 18.1 Å². The number of benzene rings is 1. The van der Waals surface area contributed by atoms with E-state index in [0.29, 0.717) is 17.3 Å². The molecule has 0 atom stereocenters. The van der Waals surface area contributed by atoms with Gasteiger partial charge >= 0.3 is 0 Å². The SMILES string of the molecule is Nc1ccc(NCC2CCSCC2)c(C(F)F)c1. The first-order chi connectivity index (χ1) is 8.66. The van der Waals surface area contributed by atoms with Gasteiger partial charge in [-0.3, -0.25) is 0 Å². The molecule has 0 bridgehead atoms. The van der Waals surface area contributed by atoms with Crippen molar-refractivity contribution in [3.63, 3.8) is 0 Å². The molecule has 18 heavy (non-hydrogen) atoms. The second-order valence-corrected chi connectivity index (χ2v) is 5.81. The summed E-state index contributed by atoms with van der Waals surface area (Å²) in [5, 5.41) is 3.15. The minimum atomic E-state index is -2.49. The molecule has 5 heteroatoms. The largest absolute Gasteiger partial charge is 0.399 e. The molecular formula is C13H18F2N2S. The molecule has 1 fully saturated rings. The Labute approximate surface area is 110 Å². The van der Waals surface area contributed by atoms with Crippen molar-refractivity contribution in [1.29, 1.82) is 0 Å². The lowest BCUT2D eigenvalue weighted by Crippen LogP contribution is -2.19. The third kappa shape index (κ3) is 3.51. The Morgan fingerprint density at radius 1 is 1.33 bits per heavy atom. The van der Waals surface area contributed by atoms with E-state index in [4.69, 9.17) is 5.73 Å². The number of halogens is 2. The van der Waals surface area contributed by atoms with Gasteiger partial charge in [0.25, 0.3) is 6.43 Å². The minimum Gasteiger partial charge on any atom is -0.399 e. The van der Waals surface area contributed by atoms with E-state index in [9.17, 15) is 8.78 Å². The van der Waals surface area contributed by atoms with Crippen molar-refractivity contribution in [2.45, 2.75) is 19.3 Å². The Balaban J connectivity index is 1.99. The van der Waals surface area contributed by atoms with Crippen LogP contribution < -0.4 is 11.1 Å². The van der Waals surface area contributed by atoms with Gasteiger partial charge < -0.3 is 11.1 Å². The van der Waals surface area contributed by atoms with E-state index in [1.807, 2.05) is 11.8 Å². The van der Waals surface area contributed by atoms with E-state index < -0.39 is 6.43 Å². The highest BCUT2D eigenvalue weighted by Crippen LogP contribution is 2.30. The Morgan fingerprint density at radius 2 is 2.06 bits per heavy atom. The number of hydrogen-bond donors (Lipinski definition) is 2. The van der Waals surface area contributed by atoms with E-state index in [-0.39, 0.29) is 5.56 Å². The van der Waals surface area contributed by atoms with E-state index in [1.165, 1.54) is 17.6 Å². The molecule has 1 aliphatic heterocycles. The molecule has 0 radical (unpaired) electrons. The second-order valence-electron chi connectivity index (χ2n) is 4.58. The first-order valence-corrected chi connectivity index (χ1v) is 7.31. The lowest BCUT2D eigenvalue weighted by atomic mass is 10.0. The second kappa shape index (κ2) is 6.27. The minimum absolute atomic E-state index is 0.000171. The zero-order valence-electron chi connectivity index (χ0n) is 10.2. The van der Waals surface area contributed by atoms with Crippen LogP contribution in [0.25, 0.3) is 0 Å². The summed E-state index contributed by atoms with van der Waals surface area (Å²) >= 11 is 1.97. The number of thioether (sulfide) groups is 1. The quantitative estimate of drug-likeness (QED) is 0.820. The van der Waals surface area contributed by atoms with Gasteiger partial charge in [0, 0.05) is 23.5 Å². The molecule has 0 spiro atoms. The smallest absolute Gasteiger partial charge is 0.265 e. The molecule has 0 saturated carbocycles. The molecule has 2 nitrogen and oxygen atoms in total. The van der Waals surface area contributed by atoms with Gasteiger partial charge in [-0.15, -0.1) is 0 Å². The molecule has 0 aromatic heterocycles. The fourth-order valence-corrected chi connectivity index (χ4v) is 3.33. The third-order valence-electron chi connectivity index (χ3n) is 3.23. The summed E-state index contributed by atoms with van der Waals surface area (Å²) in [6, 6.07) is 4.66. The van der Waals surface area contributed by atoms with Crippen molar-refractivity contribution >= 4 is 23.1 Å². The van der Waals surface area contributed by atoms with Gasteiger partial charge in [0.2, 0.25) is 0 Å². The fourth-order valence-electron chi connectivity index (χ4n) is 2.13. The summed E-state index contributed by atoms with van der Waals surface area (Å²) in [6.45, 7) is 0.768. The number of alkyl halides is 2. The number of nitrogen functional groups attached to an aromatic ring is 1.